The average Bonchev–Trinajstić information content (AvgIpc) is 3.18. The van der Waals surface area contributed by atoms with E-state index in [4.69, 9.17) is 4.74 Å². The Labute approximate surface area is 198 Å². The quantitative estimate of drug-likeness (QED) is 0.368. The van der Waals surface area contributed by atoms with Gasteiger partial charge in [-0.3, -0.25) is 9.59 Å². The van der Waals surface area contributed by atoms with E-state index in [-0.39, 0.29) is 18.0 Å². The molecule has 0 radical (unpaired) electrons. The van der Waals surface area contributed by atoms with Crippen LogP contribution in [0.5, 0.6) is 5.75 Å². The van der Waals surface area contributed by atoms with Crippen LogP contribution in [0, 0.1) is 11.8 Å². The number of carbonyl (C=O) groups is 2. The van der Waals surface area contributed by atoms with Crippen molar-refractivity contribution >= 4 is 18.5 Å². The maximum Gasteiger partial charge on any atom is 0.573 e. The summed E-state index contributed by atoms with van der Waals surface area (Å²) in [6.45, 7) is 4.69. The average molecular weight is 474 g/mol. The molecular weight excluding hydrogens is 444 g/mol. The van der Waals surface area contributed by atoms with Crippen molar-refractivity contribution in [2.24, 2.45) is 11.8 Å². The number of carbonyl (C=O) groups excluding carboxylic acids is 2. The van der Waals surface area contributed by atoms with Crippen LogP contribution in [0.2, 0.25) is 12.6 Å². The predicted molar refractivity (Wildman–Crippen MR) is 125 cm³/mol. The molecular formula is C26H30BF3O4. The molecule has 2 aliphatic rings. The third-order valence-corrected chi connectivity index (χ3v) is 6.48. The van der Waals surface area contributed by atoms with Gasteiger partial charge >= 0.3 is 12.3 Å². The summed E-state index contributed by atoms with van der Waals surface area (Å²) in [6, 6.07) is 15.9. The third kappa shape index (κ3) is 7.92. The highest BCUT2D eigenvalue weighted by atomic mass is 19.4. The maximum absolute atomic E-state index is 12.0. The number of benzene rings is 2. The Bertz CT molecular complexity index is 939. The Morgan fingerprint density at radius 2 is 1.68 bits per heavy atom. The van der Waals surface area contributed by atoms with Crippen molar-refractivity contribution in [1.29, 1.82) is 0 Å². The molecule has 0 N–H and O–H groups in total. The second-order valence-electron chi connectivity index (χ2n) is 9.26. The molecule has 2 aliphatic heterocycles. The molecule has 2 saturated heterocycles. The van der Waals surface area contributed by atoms with Crippen LogP contribution in [0.3, 0.4) is 0 Å². The summed E-state index contributed by atoms with van der Waals surface area (Å²) in [4.78, 5) is 22.7. The molecule has 4 nitrogen and oxygen atoms in total. The molecule has 0 bridgehead atoms. The Hall–Kier alpha value is -2.77. The number of hydrogen-bond acceptors (Lipinski definition) is 4. The maximum atomic E-state index is 12.0. The molecule has 0 aromatic heterocycles. The van der Waals surface area contributed by atoms with Gasteiger partial charge in [-0.25, -0.2) is 0 Å². The highest BCUT2D eigenvalue weighted by Crippen LogP contribution is 2.37. The molecule has 2 atom stereocenters. The fraction of sp³-hybridized carbons (Fsp3) is 0.462. The lowest BCUT2D eigenvalue weighted by Crippen LogP contribution is -2.22. The monoisotopic (exact) mass is 474 g/mol. The standard InChI is InChI=1S/C13H19B.C13H11F3O4/c1-12-7-9-14(10-8-12)11-13-5-3-2-4-6-13;1-7(17)10-6-11(18)19-12(10)8-2-4-9(5-3-8)20-13(14,15)16/h2-6,12H,7-11H2,1H3;2-5,10,12H,6H2,1H3/t;10-,12?/m.1/s1. The highest BCUT2D eigenvalue weighted by Gasteiger charge is 2.39. The summed E-state index contributed by atoms with van der Waals surface area (Å²) in [5, 5.41) is 0. The second-order valence-corrected chi connectivity index (χ2v) is 9.26. The lowest BCUT2D eigenvalue weighted by molar-refractivity contribution is -0.274. The van der Waals surface area contributed by atoms with Crippen molar-refractivity contribution in [2.75, 3.05) is 0 Å². The summed E-state index contributed by atoms with van der Waals surface area (Å²) >= 11 is 0. The zero-order valence-corrected chi connectivity index (χ0v) is 19.5. The molecule has 2 heterocycles. The number of alkyl halides is 3. The Balaban J connectivity index is 0.000000202. The zero-order chi connectivity index (χ0) is 24.7. The number of halogens is 3. The number of rotatable bonds is 5. The van der Waals surface area contributed by atoms with Gasteiger partial charge in [-0.1, -0.05) is 80.4 Å². The van der Waals surface area contributed by atoms with Gasteiger partial charge < -0.3 is 9.47 Å². The van der Waals surface area contributed by atoms with E-state index in [0.717, 1.165) is 24.8 Å². The molecule has 4 rings (SSSR count). The number of hydrogen-bond donors (Lipinski definition) is 0. The smallest absolute Gasteiger partial charge is 0.457 e. The first-order valence-corrected chi connectivity index (χ1v) is 11.7. The largest absolute Gasteiger partial charge is 0.573 e. The van der Waals surface area contributed by atoms with E-state index in [9.17, 15) is 22.8 Å². The third-order valence-electron chi connectivity index (χ3n) is 6.48. The van der Waals surface area contributed by atoms with Crippen LogP contribution in [-0.2, 0) is 20.6 Å². The number of esters is 1. The number of ether oxygens (including phenoxy) is 2. The minimum Gasteiger partial charge on any atom is -0.457 e. The van der Waals surface area contributed by atoms with E-state index in [0.29, 0.717) is 5.56 Å². The van der Waals surface area contributed by atoms with E-state index in [1.165, 1.54) is 56.4 Å². The van der Waals surface area contributed by atoms with Crippen molar-refractivity contribution in [3.05, 3.63) is 65.7 Å². The molecule has 0 aliphatic carbocycles. The highest BCUT2D eigenvalue weighted by molar-refractivity contribution is 6.58. The second kappa shape index (κ2) is 11.6. The summed E-state index contributed by atoms with van der Waals surface area (Å²) in [5.74, 6) is -0.689. The van der Waals surface area contributed by atoms with E-state index in [1.54, 1.807) is 0 Å². The van der Waals surface area contributed by atoms with Crippen molar-refractivity contribution in [3.8, 4) is 5.75 Å². The van der Waals surface area contributed by atoms with Gasteiger partial charge in [0.25, 0.3) is 0 Å². The Kier molecular flexibility index (Phi) is 8.81. The van der Waals surface area contributed by atoms with Crippen molar-refractivity contribution in [1.82, 2.24) is 0 Å². The lowest BCUT2D eigenvalue weighted by atomic mass is 9.38. The molecule has 2 aromatic rings. The van der Waals surface area contributed by atoms with Gasteiger partial charge in [0.05, 0.1) is 12.3 Å². The number of Topliss-reactive ketones (excluding diaryl/α,β-unsaturated/α-hetero) is 1. The van der Waals surface area contributed by atoms with Gasteiger partial charge in [0.2, 0.25) is 0 Å². The lowest BCUT2D eigenvalue weighted by Gasteiger charge is -2.23. The van der Waals surface area contributed by atoms with Crippen molar-refractivity contribution in [2.45, 2.75) is 64.5 Å². The first kappa shape index (κ1) is 25.9. The van der Waals surface area contributed by atoms with E-state index < -0.39 is 24.4 Å². The first-order valence-electron chi connectivity index (χ1n) is 11.7. The van der Waals surface area contributed by atoms with E-state index in [1.807, 2.05) is 0 Å². The summed E-state index contributed by atoms with van der Waals surface area (Å²) in [5.41, 5.74) is 1.98. The summed E-state index contributed by atoms with van der Waals surface area (Å²) < 4.78 is 44.9. The molecule has 2 fully saturated rings. The summed E-state index contributed by atoms with van der Waals surface area (Å²) in [7, 11) is 0. The Morgan fingerprint density at radius 3 is 2.24 bits per heavy atom. The topological polar surface area (TPSA) is 52.6 Å². The van der Waals surface area contributed by atoms with Crippen molar-refractivity contribution in [3.63, 3.8) is 0 Å². The normalized spacial score (nSPS) is 20.9. The van der Waals surface area contributed by atoms with Crippen LogP contribution in [0.15, 0.2) is 54.6 Å². The molecule has 182 valence electrons. The van der Waals surface area contributed by atoms with Crippen LogP contribution in [0.1, 0.15) is 50.3 Å². The van der Waals surface area contributed by atoms with E-state index in [2.05, 4.69) is 42.0 Å². The molecule has 8 heteroatoms. The van der Waals surface area contributed by atoms with Crippen molar-refractivity contribution < 1.29 is 32.2 Å². The molecule has 34 heavy (non-hydrogen) atoms. The van der Waals surface area contributed by atoms with Crippen LogP contribution in [0.4, 0.5) is 13.2 Å². The van der Waals surface area contributed by atoms with Gasteiger partial charge in [0.15, 0.2) is 0 Å². The summed E-state index contributed by atoms with van der Waals surface area (Å²) in [6.07, 6.45) is 1.54. The molecule has 0 saturated carbocycles. The van der Waals surface area contributed by atoms with Crippen LogP contribution < -0.4 is 4.74 Å². The molecule has 0 amide bonds. The van der Waals surface area contributed by atoms with Crippen LogP contribution >= 0.6 is 0 Å². The van der Waals surface area contributed by atoms with Crippen LogP contribution in [-0.4, -0.2) is 24.8 Å². The van der Waals surface area contributed by atoms with Gasteiger partial charge in [0.1, 0.15) is 24.3 Å². The fourth-order valence-corrected chi connectivity index (χ4v) is 4.56. The van der Waals surface area contributed by atoms with Gasteiger partial charge in [-0.15, -0.1) is 13.2 Å². The first-order chi connectivity index (χ1) is 16.1. The van der Waals surface area contributed by atoms with Gasteiger partial charge in [-0.2, -0.15) is 0 Å². The predicted octanol–water partition coefficient (Wildman–Crippen LogP) is 6.47. The van der Waals surface area contributed by atoms with E-state index >= 15 is 0 Å². The van der Waals surface area contributed by atoms with Crippen LogP contribution in [0.25, 0.3) is 0 Å². The number of ketones is 1. The minimum atomic E-state index is -4.76. The fourth-order valence-electron chi connectivity index (χ4n) is 4.56. The Morgan fingerprint density at radius 1 is 1.06 bits per heavy atom. The molecule has 2 aromatic carbocycles. The van der Waals surface area contributed by atoms with Gasteiger partial charge in [0, 0.05) is 0 Å². The van der Waals surface area contributed by atoms with Gasteiger partial charge in [-0.05, 0) is 36.9 Å². The number of cyclic esters (lactones) is 1. The molecule has 0 spiro atoms. The molecule has 1 unspecified atom stereocenters. The zero-order valence-electron chi connectivity index (χ0n) is 19.5. The SMILES string of the molecule is CC(=O)[C@H]1CC(=O)OC1c1ccc(OC(F)(F)F)cc1.CC1CCB(Cc2ccccc2)CC1. The minimum absolute atomic E-state index is 0.0131.